The Morgan fingerprint density at radius 1 is 1.11 bits per heavy atom. The van der Waals surface area contributed by atoms with Gasteiger partial charge >= 0.3 is 0 Å². The van der Waals surface area contributed by atoms with Crippen molar-refractivity contribution in [3.8, 4) is 11.3 Å². The molecule has 3 rings (SSSR count). The monoisotopic (exact) mass is 319 g/mol. The first kappa shape index (κ1) is 12.9. The van der Waals surface area contributed by atoms with Gasteiger partial charge in [-0.2, -0.15) is 0 Å². The summed E-state index contributed by atoms with van der Waals surface area (Å²) in [7, 11) is 0. The molecule has 1 atom stereocenters. The van der Waals surface area contributed by atoms with Crippen LogP contribution in [0.4, 0.5) is 0 Å². The van der Waals surface area contributed by atoms with Gasteiger partial charge in [0.05, 0.1) is 17.9 Å². The molecule has 4 heteroatoms. The summed E-state index contributed by atoms with van der Waals surface area (Å²) in [5.41, 5.74) is 2.27. The molecule has 0 amide bonds. The first-order valence-electron chi connectivity index (χ1n) is 6.87. The topological polar surface area (TPSA) is 40.7 Å². The summed E-state index contributed by atoms with van der Waals surface area (Å²) in [6.07, 6.45) is 6.99. The lowest BCUT2D eigenvalue weighted by Gasteiger charge is -2.12. The van der Waals surface area contributed by atoms with E-state index in [1.165, 1.54) is 31.2 Å². The molecule has 1 aromatic carbocycles. The van der Waals surface area contributed by atoms with Crippen LogP contribution in [0.25, 0.3) is 11.3 Å². The molecule has 1 aromatic heterocycles. The van der Waals surface area contributed by atoms with Gasteiger partial charge in [-0.3, -0.25) is 0 Å². The maximum atomic E-state index is 4.55. The Bertz CT molecular complexity index is 525. The molecule has 0 bridgehead atoms. The van der Waals surface area contributed by atoms with Gasteiger partial charge in [-0.15, -0.1) is 0 Å². The van der Waals surface area contributed by atoms with E-state index in [0.717, 1.165) is 22.5 Å². The van der Waals surface area contributed by atoms with Crippen LogP contribution in [-0.4, -0.2) is 16.5 Å². The lowest BCUT2D eigenvalue weighted by atomic mass is 10.1. The van der Waals surface area contributed by atoms with Gasteiger partial charge in [0.2, 0.25) is 0 Å². The van der Waals surface area contributed by atoms with Crippen molar-refractivity contribution in [2.75, 3.05) is 6.54 Å². The van der Waals surface area contributed by atoms with Crippen molar-refractivity contribution in [2.45, 2.75) is 31.7 Å². The number of aromatic nitrogens is 2. The maximum absolute atomic E-state index is 4.55. The summed E-state index contributed by atoms with van der Waals surface area (Å²) in [6, 6.07) is 8.69. The van der Waals surface area contributed by atoms with E-state index in [4.69, 9.17) is 0 Å². The van der Waals surface area contributed by atoms with Crippen LogP contribution < -0.4 is 5.32 Å². The summed E-state index contributed by atoms with van der Waals surface area (Å²) in [4.78, 5) is 8.01. The van der Waals surface area contributed by atoms with Crippen LogP contribution in [0.15, 0.2) is 34.9 Å². The second-order valence-corrected chi connectivity index (χ2v) is 5.96. The highest BCUT2D eigenvalue weighted by atomic mass is 79.9. The summed E-state index contributed by atoms with van der Waals surface area (Å²) < 4.78 is 1.10. The fourth-order valence-corrected chi connectivity index (χ4v) is 2.82. The number of hydrogen-bond donors (Lipinski definition) is 2. The molecule has 2 heterocycles. The zero-order valence-electron chi connectivity index (χ0n) is 10.8. The Kier molecular flexibility index (Phi) is 3.99. The van der Waals surface area contributed by atoms with Crippen molar-refractivity contribution in [3.05, 3.63) is 40.8 Å². The Balaban J connectivity index is 1.80. The van der Waals surface area contributed by atoms with Crippen LogP contribution in [0.1, 0.15) is 37.5 Å². The lowest BCUT2D eigenvalue weighted by molar-refractivity contribution is 0.512. The van der Waals surface area contributed by atoms with Crippen molar-refractivity contribution in [2.24, 2.45) is 0 Å². The van der Waals surface area contributed by atoms with Gasteiger partial charge in [0, 0.05) is 4.47 Å². The minimum atomic E-state index is 0.381. The van der Waals surface area contributed by atoms with Gasteiger partial charge in [-0.25, -0.2) is 4.98 Å². The average Bonchev–Trinajstić information content (AvgIpc) is 2.76. The zero-order valence-corrected chi connectivity index (χ0v) is 12.4. The fourth-order valence-electron chi connectivity index (χ4n) is 2.55. The smallest absolute Gasteiger partial charge is 0.123 e. The first-order valence-corrected chi connectivity index (χ1v) is 7.66. The Morgan fingerprint density at radius 3 is 2.79 bits per heavy atom. The summed E-state index contributed by atoms with van der Waals surface area (Å²) >= 11 is 3.46. The third-order valence-electron chi connectivity index (χ3n) is 3.64. The van der Waals surface area contributed by atoms with Crippen LogP contribution >= 0.6 is 15.9 Å². The number of nitrogens with one attached hydrogen (secondary N) is 2. The normalized spacial score (nSPS) is 20.2. The molecule has 0 aliphatic carbocycles. The first-order chi connectivity index (χ1) is 9.33. The second kappa shape index (κ2) is 5.88. The van der Waals surface area contributed by atoms with Gasteiger partial charge in [-0.05, 0) is 37.1 Å². The van der Waals surface area contributed by atoms with Gasteiger partial charge in [0.15, 0.2) is 0 Å². The van der Waals surface area contributed by atoms with Gasteiger partial charge < -0.3 is 10.3 Å². The lowest BCUT2D eigenvalue weighted by Crippen LogP contribution is -2.21. The van der Waals surface area contributed by atoms with E-state index in [2.05, 4.69) is 55.5 Å². The zero-order chi connectivity index (χ0) is 13.1. The predicted molar refractivity (Wildman–Crippen MR) is 80.9 cm³/mol. The minimum Gasteiger partial charge on any atom is -0.341 e. The Labute approximate surface area is 122 Å². The molecule has 0 spiro atoms. The second-order valence-electron chi connectivity index (χ2n) is 5.05. The quantitative estimate of drug-likeness (QED) is 0.876. The molecule has 0 saturated carbocycles. The molecule has 2 N–H and O–H groups in total. The predicted octanol–water partition coefficient (Wildman–Crippen LogP) is 4.04. The number of imidazole rings is 1. The summed E-state index contributed by atoms with van der Waals surface area (Å²) in [5.74, 6) is 1.07. The van der Waals surface area contributed by atoms with E-state index in [1.807, 2.05) is 6.20 Å². The number of halogens is 1. The number of hydrogen-bond acceptors (Lipinski definition) is 2. The maximum Gasteiger partial charge on any atom is 0.123 e. The largest absolute Gasteiger partial charge is 0.341 e. The highest BCUT2D eigenvalue weighted by Crippen LogP contribution is 2.24. The molecular formula is C15H18BrN3. The highest BCUT2D eigenvalue weighted by molar-refractivity contribution is 9.10. The number of nitrogens with zero attached hydrogens (tertiary/aromatic N) is 1. The molecule has 1 saturated heterocycles. The molecular weight excluding hydrogens is 302 g/mol. The van der Waals surface area contributed by atoms with Gasteiger partial charge in [-0.1, -0.05) is 40.9 Å². The van der Waals surface area contributed by atoms with E-state index < -0.39 is 0 Å². The van der Waals surface area contributed by atoms with Crippen LogP contribution in [-0.2, 0) is 0 Å². The molecule has 1 unspecified atom stereocenters. The molecule has 0 radical (unpaired) electrons. The molecule has 1 fully saturated rings. The van der Waals surface area contributed by atoms with E-state index in [0.29, 0.717) is 6.04 Å². The van der Waals surface area contributed by atoms with Crippen molar-refractivity contribution in [1.29, 1.82) is 0 Å². The Hall–Kier alpha value is -1.13. The van der Waals surface area contributed by atoms with Crippen molar-refractivity contribution in [1.82, 2.24) is 15.3 Å². The molecule has 1 aliphatic rings. The minimum absolute atomic E-state index is 0.381. The van der Waals surface area contributed by atoms with Crippen LogP contribution in [0, 0.1) is 0 Å². The standard InChI is InChI=1S/C15H18BrN3/c16-12-7-5-11(6-8-12)14-10-18-15(19-14)13-4-2-1-3-9-17-13/h5-8,10,13,17H,1-4,9H2,(H,18,19). The molecule has 19 heavy (non-hydrogen) atoms. The number of H-pyrrole nitrogens is 1. The van der Waals surface area contributed by atoms with E-state index in [-0.39, 0.29) is 0 Å². The fraction of sp³-hybridized carbons (Fsp3) is 0.400. The van der Waals surface area contributed by atoms with Crippen molar-refractivity contribution >= 4 is 15.9 Å². The van der Waals surface area contributed by atoms with Crippen LogP contribution in [0.5, 0.6) is 0 Å². The summed E-state index contributed by atoms with van der Waals surface area (Å²) in [5, 5.41) is 3.57. The highest BCUT2D eigenvalue weighted by Gasteiger charge is 2.16. The number of benzene rings is 1. The van der Waals surface area contributed by atoms with E-state index in [1.54, 1.807) is 0 Å². The molecule has 1 aliphatic heterocycles. The molecule has 2 aromatic rings. The SMILES string of the molecule is Brc1ccc(-c2cnc(C3CCCCCN3)[nH]2)cc1. The third-order valence-corrected chi connectivity index (χ3v) is 4.17. The van der Waals surface area contributed by atoms with E-state index >= 15 is 0 Å². The summed E-state index contributed by atoms with van der Waals surface area (Å²) in [6.45, 7) is 1.10. The molecule has 3 nitrogen and oxygen atoms in total. The Morgan fingerprint density at radius 2 is 1.95 bits per heavy atom. The van der Waals surface area contributed by atoms with Crippen molar-refractivity contribution in [3.63, 3.8) is 0 Å². The van der Waals surface area contributed by atoms with Gasteiger partial charge in [0.25, 0.3) is 0 Å². The van der Waals surface area contributed by atoms with Crippen molar-refractivity contribution < 1.29 is 0 Å². The number of aromatic amines is 1. The van der Waals surface area contributed by atoms with Gasteiger partial charge in [0.1, 0.15) is 5.82 Å². The van der Waals surface area contributed by atoms with Crippen LogP contribution in [0.3, 0.4) is 0 Å². The number of rotatable bonds is 2. The third kappa shape index (κ3) is 3.07. The van der Waals surface area contributed by atoms with Crippen LogP contribution in [0.2, 0.25) is 0 Å². The van der Waals surface area contributed by atoms with E-state index in [9.17, 15) is 0 Å². The molecule has 100 valence electrons. The average molecular weight is 320 g/mol.